The van der Waals surface area contributed by atoms with E-state index in [4.69, 9.17) is 4.74 Å². The number of hydrogen-bond acceptors (Lipinski definition) is 4. The molecular formula is C19H16FNO4. The van der Waals surface area contributed by atoms with Gasteiger partial charge in [-0.25, -0.2) is 4.39 Å². The van der Waals surface area contributed by atoms with E-state index >= 15 is 0 Å². The lowest BCUT2D eigenvalue weighted by molar-refractivity contribution is -0.117. The number of para-hydroxylation sites is 1. The molecule has 1 amide bonds. The number of benzene rings is 2. The van der Waals surface area contributed by atoms with E-state index in [0.717, 1.165) is 0 Å². The van der Waals surface area contributed by atoms with Crippen molar-refractivity contribution in [3.63, 3.8) is 0 Å². The number of ether oxygens (including phenoxy) is 1. The Hall–Kier alpha value is -3.15. The molecule has 0 saturated heterocycles. The number of ketones is 1. The van der Waals surface area contributed by atoms with Gasteiger partial charge in [0.05, 0.1) is 18.7 Å². The molecule has 128 valence electrons. The third-order valence-corrected chi connectivity index (χ3v) is 4.13. The topological polar surface area (TPSA) is 66.8 Å². The highest BCUT2D eigenvalue weighted by Gasteiger charge is 2.44. The summed E-state index contributed by atoms with van der Waals surface area (Å²) in [5, 5.41) is 10.3. The highest BCUT2D eigenvalue weighted by Crippen LogP contribution is 2.43. The largest absolute Gasteiger partial charge is 0.503 e. The van der Waals surface area contributed by atoms with Gasteiger partial charge in [0, 0.05) is 11.3 Å². The normalized spacial score (nSPS) is 17.2. The minimum Gasteiger partial charge on any atom is -0.503 e. The number of halogens is 1. The van der Waals surface area contributed by atoms with Crippen molar-refractivity contribution in [1.29, 1.82) is 0 Å². The SMILES string of the molecule is COc1ccccc1[C@@H]1C(C(C)=O)=C(O)C(=O)N1c1ccc(F)cc1. The summed E-state index contributed by atoms with van der Waals surface area (Å²) in [7, 11) is 1.48. The lowest BCUT2D eigenvalue weighted by atomic mass is 9.95. The van der Waals surface area contributed by atoms with E-state index < -0.39 is 29.3 Å². The van der Waals surface area contributed by atoms with E-state index in [0.29, 0.717) is 17.0 Å². The van der Waals surface area contributed by atoms with Gasteiger partial charge in [0.1, 0.15) is 11.6 Å². The molecule has 1 aliphatic rings. The van der Waals surface area contributed by atoms with Gasteiger partial charge in [-0.15, -0.1) is 0 Å². The molecule has 2 aromatic carbocycles. The van der Waals surface area contributed by atoms with Crippen LogP contribution in [0.2, 0.25) is 0 Å². The molecule has 0 spiro atoms. The van der Waals surface area contributed by atoms with Crippen LogP contribution in [0.3, 0.4) is 0 Å². The number of carbonyl (C=O) groups excluding carboxylic acids is 2. The van der Waals surface area contributed by atoms with E-state index in [1.54, 1.807) is 24.3 Å². The number of hydrogen-bond donors (Lipinski definition) is 1. The summed E-state index contributed by atoms with van der Waals surface area (Å²) in [5.74, 6) is -1.72. The van der Waals surface area contributed by atoms with Crippen molar-refractivity contribution in [1.82, 2.24) is 0 Å². The Balaban J connectivity index is 2.22. The summed E-state index contributed by atoms with van der Waals surface area (Å²) in [6.45, 7) is 1.29. The van der Waals surface area contributed by atoms with E-state index in [1.165, 1.54) is 43.2 Å². The lowest BCUT2D eigenvalue weighted by Crippen LogP contribution is -2.31. The van der Waals surface area contributed by atoms with Crippen molar-refractivity contribution in [2.24, 2.45) is 0 Å². The van der Waals surface area contributed by atoms with Crippen LogP contribution in [0.5, 0.6) is 5.75 Å². The van der Waals surface area contributed by atoms with Crippen LogP contribution in [0.15, 0.2) is 59.9 Å². The van der Waals surface area contributed by atoms with Crippen LogP contribution < -0.4 is 9.64 Å². The predicted molar refractivity (Wildman–Crippen MR) is 90.0 cm³/mol. The zero-order valence-electron chi connectivity index (χ0n) is 13.7. The third-order valence-electron chi connectivity index (χ3n) is 4.13. The molecule has 1 atom stereocenters. The fraction of sp³-hybridized carbons (Fsp3) is 0.158. The Morgan fingerprint density at radius 2 is 1.80 bits per heavy atom. The zero-order valence-corrected chi connectivity index (χ0v) is 13.7. The van der Waals surface area contributed by atoms with Crippen molar-refractivity contribution in [2.75, 3.05) is 12.0 Å². The second-order valence-electron chi connectivity index (χ2n) is 5.61. The summed E-state index contributed by atoms with van der Waals surface area (Å²) in [5.41, 5.74) is 0.904. The average molecular weight is 341 g/mol. The molecule has 6 heteroatoms. The quantitative estimate of drug-likeness (QED) is 0.926. The van der Waals surface area contributed by atoms with Gasteiger partial charge in [-0.3, -0.25) is 14.5 Å². The maximum Gasteiger partial charge on any atom is 0.294 e. The van der Waals surface area contributed by atoms with Crippen LogP contribution in [-0.4, -0.2) is 23.9 Å². The van der Waals surface area contributed by atoms with Crippen LogP contribution in [-0.2, 0) is 9.59 Å². The van der Waals surface area contributed by atoms with Crippen molar-refractivity contribution in [2.45, 2.75) is 13.0 Å². The van der Waals surface area contributed by atoms with Gasteiger partial charge in [0.15, 0.2) is 11.5 Å². The van der Waals surface area contributed by atoms with Crippen molar-refractivity contribution in [3.8, 4) is 5.75 Å². The van der Waals surface area contributed by atoms with Crippen molar-refractivity contribution in [3.05, 3.63) is 71.2 Å². The van der Waals surface area contributed by atoms with Crippen LogP contribution in [0, 0.1) is 5.82 Å². The first kappa shape index (κ1) is 16.7. The third kappa shape index (κ3) is 2.76. The predicted octanol–water partition coefficient (Wildman–Crippen LogP) is 3.32. The first-order chi connectivity index (χ1) is 12.0. The van der Waals surface area contributed by atoms with E-state index in [2.05, 4.69) is 0 Å². The second-order valence-corrected chi connectivity index (χ2v) is 5.61. The number of methoxy groups -OCH3 is 1. The molecule has 0 radical (unpaired) electrons. The molecule has 1 heterocycles. The van der Waals surface area contributed by atoms with Gasteiger partial charge >= 0.3 is 0 Å². The van der Waals surface area contributed by atoms with E-state index in [9.17, 15) is 19.1 Å². The molecule has 5 nitrogen and oxygen atoms in total. The van der Waals surface area contributed by atoms with E-state index in [-0.39, 0.29) is 5.57 Å². The lowest BCUT2D eigenvalue weighted by Gasteiger charge is -2.27. The molecule has 0 fully saturated rings. The highest BCUT2D eigenvalue weighted by molar-refractivity contribution is 6.16. The standard InChI is InChI=1S/C19H16FNO4/c1-11(22)16-17(14-5-3-4-6-15(14)25-2)21(19(24)18(16)23)13-9-7-12(20)8-10-13/h3-10,17,23H,1-2H3/t17-/m1/s1. The Morgan fingerprint density at radius 3 is 2.40 bits per heavy atom. The highest BCUT2D eigenvalue weighted by atomic mass is 19.1. The maximum absolute atomic E-state index is 13.3. The number of Topliss-reactive ketones (excluding diaryl/α,β-unsaturated/α-hetero) is 1. The Bertz CT molecular complexity index is 873. The molecule has 0 bridgehead atoms. The Morgan fingerprint density at radius 1 is 1.16 bits per heavy atom. The minimum absolute atomic E-state index is 0.0150. The average Bonchev–Trinajstić information content (AvgIpc) is 2.87. The van der Waals surface area contributed by atoms with Gasteiger partial charge < -0.3 is 9.84 Å². The molecule has 2 aromatic rings. The summed E-state index contributed by atoms with van der Waals surface area (Å²) >= 11 is 0. The number of aliphatic hydroxyl groups is 1. The second kappa shape index (κ2) is 6.39. The first-order valence-electron chi connectivity index (χ1n) is 7.61. The fourth-order valence-electron chi connectivity index (χ4n) is 3.02. The number of amides is 1. The number of anilines is 1. The molecular weight excluding hydrogens is 325 g/mol. The van der Waals surface area contributed by atoms with Gasteiger partial charge in [-0.1, -0.05) is 18.2 Å². The number of aliphatic hydroxyl groups excluding tert-OH is 1. The molecule has 0 aliphatic carbocycles. The zero-order chi connectivity index (χ0) is 18.1. The maximum atomic E-state index is 13.3. The summed E-state index contributed by atoms with van der Waals surface area (Å²) in [4.78, 5) is 26.0. The van der Waals surface area contributed by atoms with Crippen molar-refractivity contribution >= 4 is 17.4 Å². The van der Waals surface area contributed by atoms with Crippen molar-refractivity contribution < 1.29 is 23.8 Å². The minimum atomic E-state index is -0.855. The molecule has 0 aromatic heterocycles. The number of rotatable bonds is 4. The first-order valence-corrected chi connectivity index (χ1v) is 7.61. The Labute approximate surface area is 144 Å². The Kier molecular flexibility index (Phi) is 4.27. The van der Waals surface area contributed by atoms with Crippen LogP contribution in [0.1, 0.15) is 18.5 Å². The molecule has 0 unspecified atom stereocenters. The summed E-state index contributed by atoms with van der Waals surface area (Å²) in [6, 6.07) is 11.3. The summed E-state index contributed by atoms with van der Waals surface area (Å²) < 4.78 is 18.6. The monoisotopic (exact) mass is 341 g/mol. The molecule has 0 saturated carbocycles. The van der Waals surface area contributed by atoms with Crippen LogP contribution in [0.4, 0.5) is 10.1 Å². The van der Waals surface area contributed by atoms with Gasteiger partial charge in [-0.05, 0) is 37.3 Å². The van der Waals surface area contributed by atoms with Gasteiger partial charge in [-0.2, -0.15) is 0 Å². The number of carbonyl (C=O) groups is 2. The van der Waals surface area contributed by atoms with Gasteiger partial charge in [0.25, 0.3) is 5.91 Å². The van der Waals surface area contributed by atoms with E-state index in [1.807, 2.05) is 0 Å². The fourth-order valence-corrected chi connectivity index (χ4v) is 3.02. The van der Waals surface area contributed by atoms with Crippen LogP contribution >= 0.6 is 0 Å². The molecule has 1 N–H and O–H groups in total. The smallest absolute Gasteiger partial charge is 0.294 e. The molecule has 25 heavy (non-hydrogen) atoms. The molecule has 3 rings (SSSR count). The van der Waals surface area contributed by atoms with Gasteiger partial charge in [0.2, 0.25) is 0 Å². The summed E-state index contributed by atoms with van der Waals surface area (Å²) in [6.07, 6.45) is 0. The molecule has 1 aliphatic heterocycles. The number of nitrogens with zero attached hydrogens (tertiary/aromatic N) is 1. The van der Waals surface area contributed by atoms with Crippen LogP contribution in [0.25, 0.3) is 0 Å².